The zero-order chi connectivity index (χ0) is 13.8. The van der Waals surface area contributed by atoms with Gasteiger partial charge in [0.05, 0.1) is 4.90 Å². The molecule has 1 aromatic rings. The maximum Gasteiger partial charge on any atom is 0.328 e. The van der Waals surface area contributed by atoms with Gasteiger partial charge < -0.3 is 9.84 Å². The smallest absolute Gasteiger partial charge is 0.328 e. The number of hydrogen-bond acceptors (Lipinski definition) is 4. The van der Waals surface area contributed by atoms with Crippen molar-refractivity contribution in [3.8, 4) is 5.75 Å². The van der Waals surface area contributed by atoms with Gasteiger partial charge in [-0.3, -0.25) is 0 Å². The molecule has 0 unspecified atom stereocenters. The van der Waals surface area contributed by atoms with E-state index < -0.39 is 15.8 Å². The van der Waals surface area contributed by atoms with E-state index in [0.717, 1.165) is 12.3 Å². The zero-order valence-corrected chi connectivity index (χ0v) is 10.9. The number of aliphatic carboxylic acids is 1. The normalized spacial score (nSPS) is 12.2. The van der Waals surface area contributed by atoms with Gasteiger partial charge in [-0.1, -0.05) is 0 Å². The first-order chi connectivity index (χ1) is 8.29. The molecule has 0 spiro atoms. The lowest BCUT2D eigenvalue weighted by Crippen LogP contribution is -2.02. The Morgan fingerprint density at radius 1 is 1.33 bits per heavy atom. The number of carbonyl (C=O) groups is 1. The van der Waals surface area contributed by atoms with E-state index in [4.69, 9.17) is 9.84 Å². The number of sulfone groups is 1. The highest BCUT2D eigenvalue weighted by Gasteiger charge is 2.06. The van der Waals surface area contributed by atoms with Gasteiger partial charge >= 0.3 is 5.97 Å². The molecule has 0 amide bonds. The molecule has 0 aromatic heterocycles. The van der Waals surface area contributed by atoms with Crippen LogP contribution in [0.4, 0.5) is 0 Å². The Morgan fingerprint density at radius 3 is 2.33 bits per heavy atom. The first-order valence-corrected chi connectivity index (χ1v) is 7.01. The maximum atomic E-state index is 11.2. The molecule has 0 saturated heterocycles. The van der Waals surface area contributed by atoms with Crippen LogP contribution in [0.15, 0.2) is 40.8 Å². The lowest BCUT2D eigenvalue weighted by atomic mass is 10.3. The predicted octanol–water partition coefficient (Wildman–Crippen LogP) is 1.50. The molecule has 0 atom stereocenters. The molecule has 0 radical (unpaired) electrons. The van der Waals surface area contributed by atoms with E-state index in [1.807, 2.05) is 0 Å². The number of carboxylic acid groups (broad SMARTS) is 1. The van der Waals surface area contributed by atoms with Crippen LogP contribution in [-0.2, 0) is 14.6 Å². The molecule has 18 heavy (non-hydrogen) atoms. The molecule has 98 valence electrons. The summed E-state index contributed by atoms with van der Waals surface area (Å²) in [5.41, 5.74) is 0.565. The lowest BCUT2D eigenvalue weighted by Gasteiger charge is -2.06. The minimum Gasteiger partial charge on any atom is -0.489 e. The molecule has 0 fully saturated rings. The Labute approximate surface area is 106 Å². The molecule has 0 aliphatic heterocycles. The summed E-state index contributed by atoms with van der Waals surface area (Å²) >= 11 is 0. The summed E-state index contributed by atoms with van der Waals surface area (Å²) in [6.07, 6.45) is 2.19. The van der Waals surface area contributed by atoms with Crippen LogP contribution in [0.2, 0.25) is 0 Å². The second kappa shape index (κ2) is 5.68. The predicted molar refractivity (Wildman–Crippen MR) is 66.4 cm³/mol. The van der Waals surface area contributed by atoms with E-state index in [1.165, 1.54) is 24.3 Å². The topological polar surface area (TPSA) is 80.7 Å². The molecular weight excluding hydrogens is 256 g/mol. The summed E-state index contributed by atoms with van der Waals surface area (Å²) in [7, 11) is -3.21. The van der Waals surface area contributed by atoms with E-state index in [1.54, 1.807) is 6.92 Å². The second-order valence-electron chi connectivity index (χ2n) is 3.86. The molecule has 0 heterocycles. The Kier molecular flexibility index (Phi) is 4.49. The lowest BCUT2D eigenvalue weighted by molar-refractivity contribution is -0.131. The molecule has 0 saturated carbocycles. The van der Waals surface area contributed by atoms with Gasteiger partial charge in [-0.15, -0.1) is 0 Å². The van der Waals surface area contributed by atoms with Gasteiger partial charge in [0.15, 0.2) is 9.84 Å². The first kappa shape index (κ1) is 14.2. The highest BCUT2D eigenvalue weighted by molar-refractivity contribution is 7.90. The van der Waals surface area contributed by atoms with Crippen LogP contribution in [0, 0.1) is 0 Å². The number of rotatable bonds is 5. The fourth-order valence-corrected chi connectivity index (χ4v) is 1.86. The zero-order valence-electron chi connectivity index (χ0n) is 10.1. The van der Waals surface area contributed by atoms with Crippen LogP contribution in [0.25, 0.3) is 0 Å². The van der Waals surface area contributed by atoms with E-state index in [9.17, 15) is 13.2 Å². The summed E-state index contributed by atoms with van der Waals surface area (Å²) in [5.74, 6) is -0.538. The van der Waals surface area contributed by atoms with Crippen molar-refractivity contribution >= 4 is 15.8 Å². The van der Waals surface area contributed by atoms with Gasteiger partial charge in [-0.05, 0) is 36.8 Å². The van der Waals surface area contributed by atoms with Gasteiger partial charge in [0.25, 0.3) is 0 Å². The van der Waals surface area contributed by atoms with Crippen molar-refractivity contribution in [2.75, 3.05) is 12.9 Å². The summed E-state index contributed by atoms with van der Waals surface area (Å²) in [4.78, 5) is 10.6. The van der Waals surface area contributed by atoms with E-state index in [0.29, 0.717) is 11.3 Å². The van der Waals surface area contributed by atoms with Crippen LogP contribution < -0.4 is 4.74 Å². The Balaban J connectivity index is 2.68. The van der Waals surface area contributed by atoms with Gasteiger partial charge in [0.1, 0.15) is 12.4 Å². The molecule has 0 aliphatic rings. The fraction of sp³-hybridized carbons (Fsp3) is 0.250. The number of carboxylic acids is 1. The standard InChI is InChI=1S/C12H14O5S/c1-9(7-12(13)14)8-17-10-3-5-11(6-4-10)18(2,15)16/h3-7H,8H2,1-2H3,(H,13,14). The van der Waals surface area contributed by atoms with Crippen molar-refractivity contribution in [2.45, 2.75) is 11.8 Å². The van der Waals surface area contributed by atoms with Crippen LogP contribution in [-0.4, -0.2) is 32.4 Å². The number of benzene rings is 1. The van der Waals surface area contributed by atoms with Crippen molar-refractivity contribution in [3.63, 3.8) is 0 Å². The highest BCUT2D eigenvalue weighted by Crippen LogP contribution is 2.16. The summed E-state index contributed by atoms with van der Waals surface area (Å²) < 4.78 is 27.7. The SMILES string of the molecule is CC(=CC(=O)O)COc1ccc(S(C)(=O)=O)cc1. The van der Waals surface area contributed by atoms with Crippen molar-refractivity contribution in [2.24, 2.45) is 0 Å². The monoisotopic (exact) mass is 270 g/mol. The summed E-state index contributed by atoms with van der Waals surface area (Å²) in [6.45, 7) is 1.78. The summed E-state index contributed by atoms with van der Waals surface area (Å²) in [5, 5.41) is 8.51. The Hall–Kier alpha value is -1.82. The molecular formula is C12H14O5S. The van der Waals surface area contributed by atoms with Crippen molar-refractivity contribution in [3.05, 3.63) is 35.9 Å². The third-order valence-corrected chi connectivity index (χ3v) is 3.22. The van der Waals surface area contributed by atoms with Gasteiger partial charge in [0, 0.05) is 12.3 Å². The molecule has 5 nitrogen and oxygen atoms in total. The number of hydrogen-bond donors (Lipinski definition) is 1. The Morgan fingerprint density at radius 2 is 1.89 bits per heavy atom. The number of ether oxygens (including phenoxy) is 1. The van der Waals surface area contributed by atoms with Crippen molar-refractivity contribution < 1.29 is 23.1 Å². The van der Waals surface area contributed by atoms with E-state index >= 15 is 0 Å². The maximum absolute atomic E-state index is 11.2. The minimum absolute atomic E-state index is 0.143. The second-order valence-corrected chi connectivity index (χ2v) is 5.88. The quantitative estimate of drug-likeness (QED) is 0.820. The largest absolute Gasteiger partial charge is 0.489 e. The molecule has 0 aliphatic carbocycles. The van der Waals surface area contributed by atoms with E-state index in [-0.39, 0.29) is 11.5 Å². The van der Waals surface area contributed by atoms with Gasteiger partial charge in [0.2, 0.25) is 0 Å². The average molecular weight is 270 g/mol. The van der Waals surface area contributed by atoms with Crippen LogP contribution in [0.3, 0.4) is 0 Å². The Bertz CT molecular complexity index is 555. The van der Waals surface area contributed by atoms with Crippen LogP contribution >= 0.6 is 0 Å². The van der Waals surface area contributed by atoms with Crippen molar-refractivity contribution in [1.82, 2.24) is 0 Å². The highest BCUT2D eigenvalue weighted by atomic mass is 32.2. The van der Waals surface area contributed by atoms with Gasteiger partial charge in [-0.2, -0.15) is 0 Å². The molecule has 1 rings (SSSR count). The first-order valence-electron chi connectivity index (χ1n) is 5.12. The molecule has 6 heteroatoms. The van der Waals surface area contributed by atoms with E-state index in [2.05, 4.69) is 0 Å². The molecule has 1 aromatic carbocycles. The van der Waals surface area contributed by atoms with Crippen LogP contribution in [0.5, 0.6) is 5.75 Å². The van der Waals surface area contributed by atoms with Crippen molar-refractivity contribution in [1.29, 1.82) is 0 Å². The molecule has 1 N–H and O–H groups in total. The van der Waals surface area contributed by atoms with Gasteiger partial charge in [-0.25, -0.2) is 13.2 Å². The molecule has 0 bridgehead atoms. The fourth-order valence-electron chi connectivity index (χ4n) is 1.23. The third kappa shape index (κ3) is 4.58. The third-order valence-electron chi connectivity index (χ3n) is 2.09. The average Bonchev–Trinajstić information content (AvgIpc) is 2.25. The minimum atomic E-state index is -3.21. The summed E-state index contributed by atoms with van der Waals surface area (Å²) in [6, 6.07) is 5.96. The van der Waals surface area contributed by atoms with Crippen LogP contribution in [0.1, 0.15) is 6.92 Å².